The molecule has 1 fully saturated rings. The van der Waals surface area contributed by atoms with Gasteiger partial charge >= 0.3 is 0 Å². The fraction of sp³-hybridized carbons (Fsp3) is 0.500. The zero-order valence-electron chi connectivity index (χ0n) is 16.0. The highest BCUT2D eigenvalue weighted by atomic mass is 16.5. The summed E-state index contributed by atoms with van der Waals surface area (Å²) < 4.78 is 11.2. The van der Waals surface area contributed by atoms with E-state index in [0.717, 1.165) is 47.3 Å². The van der Waals surface area contributed by atoms with Crippen LogP contribution in [-0.4, -0.2) is 53.5 Å². The SMILES string of the molecule is CCOc1ccc(C(=O)N2CCN(Cc3nc(C)c(C)o3)CC2)cc1C. The lowest BCUT2D eigenvalue weighted by atomic mass is 10.1. The second-order valence-corrected chi connectivity index (χ2v) is 6.73. The number of nitrogens with zero attached hydrogens (tertiary/aromatic N) is 3. The third-order valence-electron chi connectivity index (χ3n) is 4.81. The molecular weight excluding hydrogens is 330 g/mol. The molecular formula is C20H27N3O3. The molecule has 1 aliphatic heterocycles. The molecule has 0 radical (unpaired) electrons. The number of hydrogen-bond acceptors (Lipinski definition) is 5. The Kier molecular flexibility index (Phi) is 5.61. The van der Waals surface area contributed by atoms with Gasteiger partial charge in [-0.15, -0.1) is 0 Å². The summed E-state index contributed by atoms with van der Waals surface area (Å²) >= 11 is 0. The van der Waals surface area contributed by atoms with Crippen LogP contribution in [0.4, 0.5) is 0 Å². The van der Waals surface area contributed by atoms with Gasteiger partial charge in [0.25, 0.3) is 5.91 Å². The summed E-state index contributed by atoms with van der Waals surface area (Å²) in [4.78, 5) is 21.4. The summed E-state index contributed by atoms with van der Waals surface area (Å²) in [6, 6.07) is 5.65. The molecule has 1 aromatic heterocycles. The first-order valence-corrected chi connectivity index (χ1v) is 9.16. The second kappa shape index (κ2) is 7.91. The van der Waals surface area contributed by atoms with E-state index < -0.39 is 0 Å². The number of carbonyl (C=O) groups is 1. The smallest absolute Gasteiger partial charge is 0.253 e. The van der Waals surface area contributed by atoms with Crippen molar-refractivity contribution in [2.24, 2.45) is 0 Å². The van der Waals surface area contributed by atoms with Crippen molar-refractivity contribution < 1.29 is 13.9 Å². The van der Waals surface area contributed by atoms with Crippen LogP contribution in [0, 0.1) is 20.8 Å². The summed E-state index contributed by atoms with van der Waals surface area (Å²) in [5.41, 5.74) is 2.66. The number of piperazine rings is 1. The molecule has 1 amide bonds. The maximum Gasteiger partial charge on any atom is 0.253 e. The van der Waals surface area contributed by atoms with Crippen LogP contribution in [0.3, 0.4) is 0 Å². The van der Waals surface area contributed by atoms with Gasteiger partial charge in [-0.3, -0.25) is 9.69 Å². The van der Waals surface area contributed by atoms with Crippen molar-refractivity contribution in [3.63, 3.8) is 0 Å². The number of rotatable bonds is 5. The Morgan fingerprint density at radius 2 is 1.92 bits per heavy atom. The first kappa shape index (κ1) is 18.5. The van der Waals surface area contributed by atoms with Crippen molar-refractivity contribution in [2.75, 3.05) is 32.8 Å². The molecule has 1 saturated heterocycles. The first-order chi connectivity index (χ1) is 12.5. The lowest BCUT2D eigenvalue weighted by Crippen LogP contribution is -2.48. The number of aromatic nitrogens is 1. The number of benzene rings is 1. The molecule has 140 valence electrons. The molecule has 0 spiro atoms. The van der Waals surface area contributed by atoms with Crippen molar-refractivity contribution >= 4 is 5.91 Å². The Morgan fingerprint density at radius 3 is 2.50 bits per heavy atom. The average molecular weight is 357 g/mol. The fourth-order valence-electron chi connectivity index (χ4n) is 3.19. The molecule has 2 aromatic rings. The molecule has 2 heterocycles. The molecule has 6 nitrogen and oxygen atoms in total. The van der Waals surface area contributed by atoms with E-state index in [1.165, 1.54) is 0 Å². The molecule has 1 aromatic carbocycles. The van der Waals surface area contributed by atoms with Crippen LogP contribution in [-0.2, 0) is 6.54 Å². The van der Waals surface area contributed by atoms with Crippen LogP contribution in [0.2, 0.25) is 0 Å². The van der Waals surface area contributed by atoms with Crippen LogP contribution in [0.15, 0.2) is 22.6 Å². The third-order valence-corrected chi connectivity index (χ3v) is 4.81. The van der Waals surface area contributed by atoms with E-state index in [4.69, 9.17) is 9.15 Å². The van der Waals surface area contributed by atoms with E-state index in [1.807, 2.05) is 50.8 Å². The minimum Gasteiger partial charge on any atom is -0.494 e. The summed E-state index contributed by atoms with van der Waals surface area (Å²) in [7, 11) is 0. The van der Waals surface area contributed by atoms with Gasteiger partial charge in [0, 0.05) is 31.7 Å². The number of carbonyl (C=O) groups excluding carboxylic acids is 1. The fourth-order valence-corrected chi connectivity index (χ4v) is 3.19. The topological polar surface area (TPSA) is 58.8 Å². The van der Waals surface area contributed by atoms with Crippen molar-refractivity contribution in [1.82, 2.24) is 14.8 Å². The van der Waals surface area contributed by atoms with Gasteiger partial charge in [0.15, 0.2) is 0 Å². The minimum absolute atomic E-state index is 0.0820. The Morgan fingerprint density at radius 1 is 1.19 bits per heavy atom. The van der Waals surface area contributed by atoms with Crippen LogP contribution < -0.4 is 4.74 Å². The van der Waals surface area contributed by atoms with Gasteiger partial charge in [-0.05, 0) is 51.5 Å². The molecule has 0 unspecified atom stereocenters. The predicted octanol–water partition coefficient (Wildman–Crippen LogP) is 2.96. The number of aryl methyl sites for hydroxylation is 3. The van der Waals surface area contributed by atoms with Crippen LogP contribution in [0.5, 0.6) is 5.75 Å². The van der Waals surface area contributed by atoms with Gasteiger partial charge in [0.05, 0.1) is 18.8 Å². The molecule has 0 N–H and O–H groups in total. The zero-order valence-corrected chi connectivity index (χ0v) is 16.0. The number of oxazole rings is 1. The van der Waals surface area contributed by atoms with Gasteiger partial charge in [0.2, 0.25) is 5.89 Å². The normalized spacial score (nSPS) is 15.3. The van der Waals surface area contributed by atoms with E-state index in [0.29, 0.717) is 26.2 Å². The van der Waals surface area contributed by atoms with Gasteiger partial charge in [-0.2, -0.15) is 0 Å². The lowest BCUT2D eigenvalue weighted by Gasteiger charge is -2.34. The highest BCUT2D eigenvalue weighted by Gasteiger charge is 2.23. The van der Waals surface area contributed by atoms with E-state index in [1.54, 1.807) is 0 Å². The molecule has 6 heteroatoms. The summed E-state index contributed by atoms with van der Waals surface area (Å²) in [6.07, 6.45) is 0. The van der Waals surface area contributed by atoms with Gasteiger partial charge < -0.3 is 14.1 Å². The highest BCUT2D eigenvalue weighted by Crippen LogP contribution is 2.21. The average Bonchev–Trinajstić information content (AvgIpc) is 2.94. The van der Waals surface area contributed by atoms with Crippen LogP contribution in [0.25, 0.3) is 0 Å². The van der Waals surface area contributed by atoms with Crippen molar-refractivity contribution in [3.05, 3.63) is 46.7 Å². The molecule has 0 aliphatic carbocycles. The Hall–Kier alpha value is -2.34. The highest BCUT2D eigenvalue weighted by molar-refractivity contribution is 5.94. The van der Waals surface area contributed by atoms with Crippen molar-refractivity contribution in [1.29, 1.82) is 0 Å². The second-order valence-electron chi connectivity index (χ2n) is 6.73. The van der Waals surface area contributed by atoms with E-state index >= 15 is 0 Å². The predicted molar refractivity (Wildman–Crippen MR) is 99.5 cm³/mol. The largest absolute Gasteiger partial charge is 0.494 e. The van der Waals surface area contributed by atoms with Crippen LogP contribution >= 0.6 is 0 Å². The quantitative estimate of drug-likeness (QED) is 0.823. The van der Waals surface area contributed by atoms with Gasteiger partial charge in [-0.1, -0.05) is 0 Å². The minimum atomic E-state index is 0.0820. The van der Waals surface area contributed by atoms with Gasteiger partial charge in [0.1, 0.15) is 11.5 Å². The van der Waals surface area contributed by atoms with Crippen LogP contribution in [0.1, 0.15) is 40.2 Å². The lowest BCUT2D eigenvalue weighted by molar-refractivity contribution is 0.0617. The maximum absolute atomic E-state index is 12.8. The zero-order chi connectivity index (χ0) is 18.7. The first-order valence-electron chi connectivity index (χ1n) is 9.16. The molecule has 0 atom stereocenters. The standard InChI is InChI=1S/C20H27N3O3/c1-5-25-18-7-6-17(12-14(18)2)20(24)23-10-8-22(9-11-23)13-19-21-15(3)16(4)26-19/h6-7,12H,5,8-11,13H2,1-4H3. The van der Waals surface area contributed by atoms with Crippen molar-refractivity contribution in [2.45, 2.75) is 34.2 Å². The van der Waals surface area contributed by atoms with E-state index in [9.17, 15) is 4.79 Å². The summed E-state index contributed by atoms with van der Waals surface area (Å²) in [5.74, 6) is 2.55. The van der Waals surface area contributed by atoms with Crippen molar-refractivity contribution in [3.8, 4) is 5.75 Å². The number of hydrogen-bond donors (Lipinski definition) is 0. The molecule has 3 rings (SSSR count). The molecule has 0 bridgehead atoms. The molecule has 1 aliphatic rings. The Balaban J connectivity index is 1.57. The number of ether oxygens (including phenoxy) is 1. The number of amides is 1. The van der Waals surface area contributed by atoms with E-state index in [-0.39, 0.29) is 5.91 Å². The summed E-state index contributed by atoms with van der Waals surface area (Å²) in [5, 5.41) is 0. The Labute approximate surface area is 154 Å². The molecule has 26 heavy (non-hydrogen) atoms. The third kappa shape index (κ3) is 4.07. The summed E-state index contributed by atoms with van der Waals surface area (Å²) in [6.45, 7) is 12.2. The van der Waals surface area contributed by atoms with E-state index in [2.05, 4.69) is 9.88 Å². The monoisotopic (exact) mass is 357 g/mol. The molecule has 0 saturated carbocycles. The Bertz CT molecular complexity index is 757. The van der Waals surface area contributed by atoms with Gasteiger partial charge in [-0.25, -0.2) is 4.98 Å². The maximum atomic E-state index is 12.8.